The Labute approximate surface area is 138 Å². The number of hydrogen-bond donors (Lipinski definition) is 1. The summed E-state index contributed by atoms with van der Waals surface area (Å²) >= 11 is 0. The first-order valence-corrected chi connectivity index (χ1v) is 8.63. The first-order chi connectivity index (χ1) is 11.1. The molecule has 0 spiro atoms. The second kappa shape index (κ2) is 7.27. The van der Waals surface area contributed by atoms with Crippen molar-refractivity contribution in [2.24, 2.45) is 0 Å². The van der Waals surface area contributed by atoms with Gasteiger partial charge in [0.05, 0.1) is 6.20 Å². The molecule has 1 N–H and O–H groups in total. The summed E-state index contributed by atoms with van der Waals surface area (Å²) in [5, 5.41) is 7.91. The van der Waals surface area contributed by atoms with E-state index in [0.29, 0.717) is 5.92 Å². The summed E-state index contributed by atoms with van der Waals surface area (Å²) in [5.74, 6) is 1.46. The highest BCUT2D eigenvalue weighted by molar-refractivity contribution is 5.49. The molecule has 3 rings (SSSR count). The van der Waals surface area contributed by atoms with Gasteiger partial charge in [-0.05, 0) is 25.9 Å². The molecule has 0 saturated carbocycles. The van der Waals surface area contributed by atoms with Gasteiger partial charge >= 0.3 is 0 Å². The number of piperazine rings is 1. The third-order valence-electron chi connectivity index (χ3n) is 4.52. The molecule has 2 aromatic rings. The number of nitrogens with zero attached hydrogens (tertiary/aromatic N) is 5. The molecule has 0 aromatic carbocycles. The van der Waals surface area contributed by atoms with Crippen LogP contribution in [0.2, 0.25) is 0 Å². The standard InChI is InChI=1S/C17H28N6/c1-14(2)15-13-17(23-16(20-15)5-7-19-23)18-6-4-8-22-11-9-21(3)10-12-22/h5,7,13-14,18H,4,6,8-12H2,1-3H3. The maximum atomic E-state index is 4.65. The van der Waals surface area contributed by atoms with Crippen molar-refractivity contribution in [2.45, 2.75) is 26.2 Å². The highest BCUT2D eigenvalue weighted by atomic mass is 15.3. The average molecular weight is 316 g/mol. The van der Waals surface area contributed by atoms with Crippen molar-refractivity contribution in [3.05, 3.63) is 24.0 Å². The van der Waals surface area contributed by atoms with Crippen molar-refractivity contribution in [3.8, 4) is 0 Å². The number of aromatic nitrogens is 3. The lowest BCUT2D eigenvalue weighted by Gasteiger charge is -2.32. The Kier molecular flexibility index (Phi) is 5.13. The minimum Gasteiger partial charge on any atom is -0.370 e. The fourth-order valence-corrected chi connectivity index (χ4v) is 2.94. The lowest BCUT2D eigenvalue weighted by molar-refractivity contribution is 0.154. The van der Waals surface area contributed by atoms with Crippen molar-refractivity contribution in [3.63, 3.8) is 0 Å². The molecule has 0 radical (unpaired) electrons. The molecule has 0 aliphatic carbocycles. The molecular formula is C17H28N6. The van der Waals surface area contributed by atoms with Crippen LogP contribution in [0.4, 0.5) is 5.82 Å². The lowest BCUT2D eigenvalue weighted by atomic mass is 10.1. The van der Waals surface area contributed by atoms with Crippen LogP contribution in [0.5, 0.6) is 0 Å². The van der Waals surface area contributed by atoms with Crippen molar-refractivity contribution in [1.29, 1.82) is 0 Å². The topological polar surface area (TPSA) is 48.7 Å². The van der Waals surface area contributed by atoms with Crippen LogP contribution in [0, 0.1) is 0 Å². The molecule has 0 atom stereocenters. The summed E-state index contributed by atoms with van der Waals surface area (Å²) in [6, 6.07) is 4.09. The van der Waals surface area contributed by atoms with E-state index in [-0.39, 0.29) is 0 Å². The van der Waals surface area contributed by atoms with Crippen LogP contribution in [0.25, 0.3) is 5.65 Å². The van der Waals surface area contributed by atoms with E-state index < -0.39 is 0 Å². The van der Waals surface area contributed by atoms with E-state index in [4.69, 9.17) is 0 Å². The maximum absolute atomic E-state index is 4.65. The molecule has 3 heterocycles. The largest absolute Gasteiger partial charge is 0.370 e. The monoisotopic (exact) mass is 316 g/mol. The van der Waals surface area contributed by atoms with Crippen LogP contribution in [0.1, 0.15) is 31.9 Å². The van der Waals surface area contributed by atoms with Gasteiger partial charge in [0.15, 0.2) is 5.65 Å². The van der Waals surface area contributed by atoms with Gasteiger partial charge in [0.1, 0.15) is 5.82 Å². The second-order valence-electron chi connectivity index (χ2n) is 6.75. The highest BCUT2D eigenvalue weighted by Gasteiger charge is 2.13. The average Bonchev–Trinajstić information content (AvgIpc) is 3.01. The first kappa shape index (κ1) is 16.2. The van der Waals surface area contributed by atoms with Gasteiger partial charge < -0.3 is 15.1 Å². The normalized spacial score (nSPS) is 17.2. The fraction of sp³-hybridized carbons (Fsp3) is 0.647. The van der Waals surface area contributed by atoms with E-state index in [1.807, 2.05) is 16.8 Å². The van der Waals surface area contributed by atoms with Crippen molar-refractivity contribution in [2.75, 3.05) is 51.6 Å². The SMILES string of the molecule is CC(C)c1cc(NCCCN2CCN(C)CC2)n2nccc2n1. The Morgan fingerprint density at radius 3 is 2.74 bits per heavy atom. The zero-order valence-electron chi connectivity index (χ0n) is 14.5. The van der Waals surface area contributed by atoms with Crippen molar-refractivity contribution < 1.29 is 0 Å². The Morgan fingerprint density at radius 2 is 2.00 bits per heavy atom. The number of likely N-dealkylation sites (N-methyl/N-ethyl adjacent to an activating group) is 1. The number of anilines is 1. The molecule has 0 unspecified atom stereocenters. The molecule has 0 amide bonds. The zero-order valence-corrected chi connectivity index (χ0v) is 14.5. The van der Waals surface area contributed by atoms with E-state index in [1.54, 1.807) is 0 Å². The minimum atomic E-state index is 0.417. The quantitative estimate of drug-likeness (QED) is 0.825. The molecule has 1 aliphatic rings. The molecule has 6 nitrogen and oxygen atoms in total. The van der Waals surface area contributed by atoms with Crippen LogP contribution in [0.3, 0.4) is 0 Å². The Balaban J connectivity index is 1.55. The first-order valence-electron chi connectivity index (χ1n) is 8.63. The molecule has 1 aliphatic heterocycles. The second-order valence-corrected chi connectivity index (χ2v) is 6.75. The Morgan fingerprint density at radius 1 is 1.22 bits per heavy atom. The summed E-state index contributed by atoms with van der Waals surface area (Å²) in [7, 11) is 2.20. The van der Waals surface area contributed by atoms with Gasteiger partial charge in [-0.15, -0.1) is 0 Å². The fourth-order valence-electron chi connectivity index (χ4n) is 2.94. The number of nitrogens with one attached hydrogen (secondary N) is 1. The van der Waals surface area contributed by atoms with Crippen LogP contribution in [-0.4, -0.2) is 70.7 Å². The molecule has 0 bridgehead atoms. The van der Waals surface area contributed by atoms with Gasteiger partial charge in [-0.25, -0.2) is 4.98 Å². The van der Waals surface area contributed by atoms with Gasteiger partial charge in [-0.2, -0.15) is 9.61 Å². The molecule has 1 saturated heterocycles. The van der Waals surface area contributed by atoms with Gasteiger partial charge in [0, 0.05) is 50.6 Å². The van der Waals surface area contributed by atoms with Crippen LogP contribution >= 0.6 is 0 Å². The molecular weight excluding hydrogens is 288 g/mol. The number of rotatable bonds is 6. The molecule has 6 heteroatoms. The van der Waals surface area contributed by atoms with Gasteiger partial charge in [-0.1, -0.05) is 13.8 Å². The Hall–Kier alpha value is -1.66. The summed E-state index contributed by atoms with van der Waals surface area (Å²) in [5.41, 5.74) is 2.03. The minimum absolute atomic E-state index is 0.417. The van der Waals surface area contributed by atoms with E-state index in [2.05, 4.69) is 52.2 Å². The molecule has 2 aromatic heterocycles. The van der Waals surface area contributed by atoms with Crippen LogP contribution in [-0.2, 0) is 0 Å². The summed E-state index contributed by atoms with van der Waals surface area (Å²) in [4.78, 5) is 9.60. The molecule has 1 fully saturated rings. The van der Waals surface area contributed by atoms with Gasteiger partial charge in [0.2, 0.25) is 0 Å². The molecule has 126 valence electrons. The maximum Gasteiger partial charge on any atom is 0.157 e. The van der Waals surface area contributed by atoms with Gasteiger partial charge in [-0.3, -0.25) is 0 Å². The lowest BCUT2D eigenvalue weighted by Crippen LogP contribution is -2.44. The van der Waals surface area contributed by atoms with Crippen LogP contribution in [0.15, 0.2) is 18.3 Å². The number of fused-ring (bicyclic) bond motifs is 1. The molecule has 23 heavy (non-hydrogen) atoms. The van der Waals surface area contributed by atoms with Gasteiger partial charge in [0.25, 0.3) is 0 Å². The summed E-state index contributed by atoms with van der Waals surface area (Å²) in [6.45, 7) is 11.2. The highest BCUT2D eigenvalue weighted by Crippen LogP contribution is 2.18. The zero-order chi connectivity index (χ0) is 16.2. The van der Waals surface area contributed by atoms with E-state index in [0.717, 1.165) is 36.7 Å². The van der Waals surface area contributed by atoms with E-state index in [9.17, 15) is 0 Å². The van der Waals surface area contributed by atoms with E-state index in [1.165, 1.54) is 26.2 Å². The van der Waals surface area contributed by atoms with Crippen molar-refractivity contribution >= 4 is 11.5 Å². The summed E-state index contributed by atoms with van der Waals surface area (Å²) < 4.78 is 1.89. The predicted molar refractivity (Wildman–Crippen MR) is 94.1 cm³/mol. The third kappa shape index (κ3) is 4.00. The smallest absolute Gasteiger partial charge is 0.157 e. The Bertz CT molecular complexity index is 627. The third-order valence-corrected chi connectivity index (χ3v) is 4.52. The van der Waals surface area contributed by atoms with Crippen LogP contribution < -0.4 is 5.32 Å². The van der Waals surface area contributed by atoms with E-state index >= 15 is 0 Å². The predicted octanol–water partition coefficient (Wildman–Crippen LogP) is 1.90. The van der Waals surface area contributed by atoms with Crippen molar-refractivity contribution in [1.82, 2.24) is 24.4 Å². The summed E-state index contributed by atoms with van der Waals surface area (Å²) in [6.07, 6.45) is 2.95. The number of hydrogen-bond acceptors (Lipinski definition) is 5.